The zero-order valence-corrected chi connectivity index (χ0v) is 31.2. The van der Waals surface area contributed by atoms with Crippen molar-refractivity contribution in [2.45, 2.75) is 55.3 Å². The average molecular weight is 679 g/mol. The van der Waals surface area contributed by atoms with E-state index < -0.39 is 109 Å². The smallest absolute Gasteiger partial charge is 1.00 e. The van der Waals surface area contributed by atoms with Crippen molar-refractivity contribution >= 4 is 53.7 Å². The fraction of sp³-hybridized carbons (Fsp3) is 0.500. The van der Waals surface area contributed by atoms with Crippen LogP contribution in [0.4, 0.5) is 0 Å². The molecule has 0 aliphatic rings. The molecule has 0 radical (unpaired) electrons. The van der Waals surface area contributed by atoms with Crippen LogP contribution >= 0.6 is 0 Å². The second kappa shape index (κ2) is 21.7. The van der Waals surface area contributed by atoms with Gasteiger partial charge in [-0.25, -0.2) is 14.4 Å². The molecule has 0 fully saturated rings. The quantitative estimate of drug-likeness (QED) is 0.0522. The minimum Gasteiger partial charge on any atom is -1.00 e. The van der Waals surface area contributed by atoms with E-state index in [0.717, 1.165) is 0 Å². The number of hydrogen-bond acceptors (Lipinski definition) is 12. The summed E-state index contributed by atoms with van der Waals surface area (Å²) in [4.78, 5) is 103. The van der Waals surface area contributed by atoms with Gasteiger partial charge in [-0.1, -0.05) is 0 Å². The second-order valence-electron chi connectivity index (χ2n) is 7.52. The van der Waals surface area contributed by atoms with E-state index in [4.69, 9.17) is 25.5 Å². The average Bonchev–Trinajstić information content (AvgIpc) is 2.64. The molecular weight excluding hydrogens is 653 g/mol. The number of esters is 2. The molecule has 0 saturated heterocycles. The van der Waals surface area contributed by atoms with Crippen molar-refractivity contribution in [1.82, 2.24) is 0 Å². The van der Waals surface area contributed by atoms with Crippen molar-refractivity contribution in [2.24, 2.45) is 0 Å². The maximum atomic E-state index is 12.4. The molecule has 220 valence electrons. The van der Waals surface area contributed by atoms with Crippen LogP contribution < -0.4 is 154 Å². The number of aliphatic hydroxyl groups is 1. The Bertz CT molecular complexity index is 1030. The minimum absolute atomic E-state index is 0. The van der Waals surface area contributed by atoms with Crippen molar-refractivity contribution in [3.8, 4) is 0 Å². The van der Waals surface area contributed by atoms with Crippen molar-refractivity contribution in [3.63, 3.8) is 0 Å². The zero-order valence-electron chi connectivity index (χ0n) is 24.8. The molecule has 2 unspecified atom stereocenters. The zero-order chi connectivity index (χ0) is 29.4. The molecule has 0 heterocycles. The second-order valence-corrected chi connectivity index (χ2v) is 7.52. The third-order valence-electron chi connectivity index (χ3n) is 4.42. The summed E-state index contributed by atoms with van der Waals surface area (Å²) in [6, 6.07) is 0. The molecule has 10 N–H and O–H groups in total. The fourth-order valence-corrected chi connectivity index (χ4v) is 2.84. The molecule has 0 bridgehead atoms. The maximum Gasteiger partial charge on any atom is 1.00 e. The van der Waals surface area contributed by atoms with E-state index in [2.05, 4.69) is 9.47 Å². The van der Waals surface area contributed by atoms with Gasteiger partial charge in [-0.05, 0) is 0 Å². The Kier molecular flexibility index (Phi) is 26.8. The molecule has 0 spiro atoms. The van der Waals surface area contributed by atoms with Crippen LogP contribution in [0.15, 0.2) is 0 Å². The molecule has 23 heteroatoms. The van der Waals surface area contributed by atoms with E-state index in [1.54, 1.807) is 0 Å². The van der Waals surface area contributed by atoms with Crippen molar-refractivity contribution in [3.05, 3.63) is 0 Å². The standard InChI is InChI=1S/C18H20O19.3K.H2O.3H/c19-7(20)1-16(35,13(29)30)5-11(27)36-18(15(33)34,4-10(25)26)6-12(28)37-17(14(31)32,2-8(21)22)3-9(23)24;;;;;;;/h35H,1-6H2,(H,19,20)(H,21,22)(H,23,24)(H,25,26)(H,29,30)(H,31,32)(H,33,34);;;;1H2;;;/q;3*+1;;3*-1. The predicted octanol–water partition coefficient (Wildman–Crippen LogP) is -12.3. The fourth-order valence-electron chi connectivity index (χ4n) is 2.84. The van der Waals surface area contributed by atoms with Crippen LogP contribution in [0.2, 0.25) is 0 Å². The SMILES string of the molecule is O.O=C(O)CC(O)(CC(=O)OC(CC(=O)O)(CC(=O)OC(CC(=O)O)(CC(=O)O)C(=O)O)C(=O)O)C(=O)O.[H-].[H-].[H-].[K+].[K+].[K+]. The van der Waals surface area contributed by atoms with Gasteiger partial charge in [0.2, 0.25) is 11.2 Å². The van der Waals surface area contributed by atoms with Gasteiger partial charge in [-0.2, -0.15) is 0 Å². The van der Waals surface area contributed by atoms with Gasteiger partial charge in [0, 0.05) is 0 Å². The molecule has 0 saturated carbocycles. The molecule has 20 nitrogen and oxygen atoms in total. The summed E-state index contributed by atoms with van der Waals surface area (Å²) >= 11 is 0. The summed E-state index contributed by atoms with van der Waals surface area (Å²) in [6.07, 6.45) is -10.3. The number of carbonyl (C=O) groups excluding carboxylic acids is 2. The van der Waals surface area contributed by atoms with Gasteiger partial charge in [0.25, 0.3) is 0 Å². The van der Waals surface area contributed by atoms with Gasteiger partial charge in [-0.15, -0.1) is 0 Å². The van der Waals surface area contributed by atoms with Crippen LogP contribution in [0.3, 0.4) is 0 Å². The van der Waals surface area contributed by atoms with E-state index in [1.165, 1.54) is 0 Å². The Labute approximate surface area is 360 Å². The number of hydrogen-bond donors (Lipinski definition) is 8. The largest absolute Gasteiger partial charge is 1.00 e. The van der Waals surface area contributed by atoms with E-state index in [9.17, 15) is 58.5 Å². The van der Waals surface area contributed by atoms with E-state index in [1.807, 2.05) is 0 Å². The number of carbonyl (C=O) groups is 9. The van der Waals surface area contributed by atoms with Gasteiger partial charge in [-0.3, -0.25) is 28.8 Å². The Hall–Kier alpha value is 0.0591. The maximum absolute atomic E-state index is 12.4. The van der Waals surface area contributed by atoms with E-state index >= 15 is 0 Å². The molecular formula is C18H25K3O20. The molecule has 2 atom stereocenters. The van der Waals surface area contributed by atoms with Crippen molar-refractivity contribution in [1.29, 1.82) is 0 Å². The summed E-state index contributed by atoms with van der Waals surface area (Å²) in [6.45, 7) is 0. The first-order valence-electron chi connectivity index (χ1n) is 9.44. The first-order valence-corrected chi connectivity index (χ1v) is 9.44. The van der Waals surface area contributed by atoms with Crippen LogP contribution in [-0.2, 0) is 52.6 Å². The molecule has 41 heavy (non-hydrogen) atoms. The Morgan fingerprint density at radius 3 is 0.976 bits per heavy atom. The number of carboxylic acids is 7. The van der Waals surface area contributed by atoms with Crippen LogP contribution in [0, 0.1) is 0 Å². The molecule has 0 aliphatic heterocycles. The normalized spacial score (nSPS) is 12.8. The molecule has 0 aromatic heterocycles. The third kappa shape index (κ3) is 17.2. The number of rotatable bonds is 17. The number of carboxylic acid groups (broad SMARTS) is 7. The van der Waals surface area contributed by atoms with Crippen molar-refractivity contribution < 1.29 is 257 Å². The van der Waals surface area contributed by atoms with Gasteiger partial charge in [0.15, 0.2) is 5.60 Å². The number of aliphatic carboxylic acids is 7. The molecule has 0 rings (SSSR count). The summed E-state index contributed by atoms with van der Waals surface area (Å²) in [5.74, 6) is -19.1. The molecule has 0 aromatic rings. The monoisotopic (exact) mass is 678 g/mol. The van der Waals surface area contributed by atoms with E-state index in [0.29, 0.717) is 0 Å². The summed E-state index contributed by atoms with van der Waals surface area (Å²) in [7, 11) is 0. The van der Waals surface area contributed by atoms with Crippen LogP contribution in [0.5, 0.6) is 0 Å². The Balaban J connectivity index is -0.000000309. The summed E-state index contributed by atoms with van der Waals surface area (Å²) < 4.78 is 8.84. The topological polar surface area (TPSA) is 365 Å². The Morgan fingerprint density at radius 2 is 0.732 bits per heavy atom. The first kappa shape index (κ1) is 50.7. The molecule has 0 amide bonds. The van der Waals surface area contributed by atoms with Gasteiger partial charge in [0.1, 0.15) is 0 Å². The van der Waals surface area contributed by atoms with Crippen molar-refractivity contribution in [2.75, 3.05) is 0 Å². The third-order valence-corrected chi connectivity index (χ3v) is 4.42. The molecule has 0 aliphatic carbocycles. The van der Waals surface area contributed by atoms with Crippen LogP contribution in [-0.4, -0.2) is 117 Å². The van der Waals surface area contributed by atoms with Gasteiger partial charge < -0.3 is 60.1 Å². The first-order chi connectivity index (χ1) is 16.7. The van der Waals surface area contributed by atoms with Gasteiger partial charge in [0.05, 0.1) is 38.5 Å². The van der Waals surface area contributed by atoms with Gasteiger partial charge >= 0.3 is 208 Å². The summed E-state index contributed by atoms with van der Waals surface area (Å²) in [5.41, 5.74) is -10.2. The van der Waals surface area contributed by atoms with Crippen LogP contribution in [0.1, 0.15) is 42.8 Å². The van der Waals surface area contributed by atoms with E-state index in [-0.39, 0.29) is 164 Å². The Morgan fingerprint density at radius 1 is 0.463 bits per heavy atom. The van der Waals surface area contributed by atoms with Crippen LogP contribution in [0.25, 0.3) is 0 Å². The summed E-state index contributed by atoms with van der Waals surface area (Å²) in [5, 5.41) is 73.2. The molecule has 0 aromatic carbocycles. The number of ether oxygens (including phenoxy) is 2. The minimum atomic E-state index is -3.50. The predicted molar refractivity (Wildman–Crippen MR) is 111 cm³/mol.